The topological polar surface area (TPSA) is 50.2 Å². The monoisotopic (exact) mass is 318 g/mol. The van der Waals surface area contributed by atoms with Crippen molar-refractivity contribution in [3.8, 4) is 5.69 Å². The number of carbonyl (C=O) groups is 1. The van der Waals surface area contributed by atoms with Gasteiger partial charge in [-0.1, -0.05) is 36.4 Å². The number of aromatic nitrogens is 2. The highest BCUT2D eigenvalue weighted by atomic mass is 16.2. The minimum atomic E-state index is -0.0626. The Hall–Kier alpha value is -3.08. The molecule has 1 aromatic heterocycles. The zero-order valence-electron chi connectivity index (χ0n) is 13.2. The number of hydrogen-bond acceptors (Lipinski definition) is 2. The van der Waals surface area contributed by atoms with Crippen molar-refractivity contribution in [2.75, 3.05) is 11.4 Å². The lowest BCUT2D eigenvalue weighted by Gasteiger charge is -2.17. The first-order chi connectivity index (χ1) is 11.8. The second-order valence-corrected chi connectivity index (χ2v) is 5.82. The lowest BCUT2D eigenvalue weighted by molar-refractivity contribution is 0.246. The van der Waals surface area contributed by atoms with E-state index < -0.39 is 0 Å². The Balaban J connectivity index is 1.41. The van der Waals surface area contributed by atoms with Gasteiger partial charge in [0.15, 0.2) is 0 Å². The fourth-order valence-electron chi connectivity index (χ4n) is 3.00. The third-order valence-electron chi connectivity index (χ3n) is 4.23. The fraction of sp³-hybridized carbons (Fsp3) is 0.158. The maximum absolute atomic E-state index is 12.4. The predicted octanol–water partition coefficient (Wildman–Crippen LogP) is 3.14. The third-order valence-corrected chi connectivity index (χ3v) is 4.23. The van der Waals surface area contributed by atoms with Gasteiger partial charge in [-0.05, 0) is 30.2 Å². The number of anilines is 1. The largest absolute Gasteiger partial charge is 0.333 e. The van der Waals surface area contributed by atoms with E-state index in [1.54, 1.807) is 11.1 Å². The summed E-state index contributed by atoms with van der Waals surface area (Å²) >= 11 is 0. The molecule has 0 fully saturated rings. The van der Waals surface area contributed by atoms with E-state index >= 15 is 0 Å². The Bertz CT molecular complexity index is 857. The van der Waals surface area contributed by atoms with E-state index in [9.17, 15) is 4.79 Å². The third kappa shape index (κ3) is 2.76. The number of para-hydroxylation sites is 2. The number of carbonyl (C=O) groups excluding carboxylic acids is 1. The second kappa shape index (κ2) is 6.20. The summed E-state index contributed by atoms with van der Waals surface area (Å²) in [5.41, 5.74) is 4.21. The molecule has 5 nitrogen and oxygen atoms in total. The maximum atomic E-state index is 12.4. The van der Waals surface area contributed by atoms with Crippen molar-refractivity contribution >= 4 is 11.7 Å². The van der Waals surface area contributed by atoms with Gasteiger partial charge in [-0.3, -0.25) is 4.90 Å². The van der Waals surface area contributed by atoms with E-state index in [2.05, 4.69) is 16.5 Å². The average molecular weight is 318 g/mol. The van der Waals surface area contributed by atoms with Crippen molar-refractivity contribution < 1.29 is 4.79 Å². The number of benzene rings is 2. The summed E-state index contributed by atoms with van der Waals surface area (Å²) in [6.07, 6.45) is 4.63. The van der Waals surface area contributed by atoms with Crippen LogP contribution in [0.3, 0.4) is 0 Å². The first kappa shape index (κ1) is 14.5. The van der Waals surface area contributed by atoms with Crippen LogP contribution in [0.15, 0.2) is 67.0 Å². The highest BCUT2D eigenvalue weighted by Crippen LogP contribution is 2.27. The Labute approximate surface area is 140 Å². The van der Waals surface area contributed by atoms with Crippen LogP contribution in [0, 0.1) is 0 Å². The molecule has 0 atom stereocenters. The molecule has 0 saturated heterocycles. The standard InChI is InChI=1S/C19H18N4O/c24-19(22-11-10-16-6-4-5-9-18(16)22)20-12-15-13-21-23(14-15)17-7-2-1-3-8-17/h1-9,13-14H,10-12H2,(H,20,24). The summed E-state index contributed by atoms with van der Waals surface area (Å²) < 4.78 is 1.81. The molecule has 120 valence electrons. The Morgan fingerprint density at radius 3 is 2.75 bits per heavy atom. The van der Waals surface area contributed by atoms with E-state index in [0.717, 1.165) is 29.9 Å². The van der Waals surface area contributed by atoms with Gasteiger partial charge in [0.2, 0.25) is 0 Å². The minimum Gasteiger partial charge on any atom is -0.333 e. The summed E-state index contributed by atoms with van der Waals surface area (Å²) in [5.74, 6) is 0. The van der Waals surface area contributed by atoms with Crippen molar-refractivity contribution in [1.29, 1.82) is 0 Å². The van der Waals surface area contributed by atoms with E-state index in [0.29, 0.717) is 6.54 Å². The van der Waals surface area contributed by atoms with Gasteiger partial charge in [-0.15, -0.1) is 0 Å². The molecular formula is C19H18N4O. The van der Waals surface area contributed by atoms with Crippen LogP contribution in [0.4, 0.5) is 10.5 Å². The molecule has 4 rings (SSSR count). The van der Waals surface area contributed by atoms with Gasteiger partial charge in [0.05, 0.1) is 11.9 Å². The molecule has 24 heavy (non-hydrogen) atoms. The smallest absolute Gasteiger partial charge is 0.322 e. The summed E-state index contributed by atoms with van der Waals surface area (Å²) in [5, 5.41) is 7.33. The lowest BCUT2D eigenvalue weighted by atomic mass is 10.2. The normalized spacial score (nSPS) is 12.9. The number of urea groups is 1. The van der Waals surface area contributed by atoms with Crippen LogP contribution in [0.1, 0.15) is 11.1 Å². The molecule has 3 aromatic rings. The molecule has 0 aliphatic carbocycles. The molecule has 5 heteroatoms. The highest BCUT2D eigenvalue weighted by molar-refractivity contribution is 5.94. The second-order valence-electron chi connectivity index (χ2n) is 5.82. The van der Waals surface area contributed by atoms with Crippen molar-refractivity contribution in [3.63, 3.8) is 0 Å². The minimum absolute atomic E-state index is 0.0626. The number of fused-ring (bicyclic) bond motifs is 1. The summed E-state index contributed by atoms with van der Waals surface area (Å²) in [6, 6.07) is 17.9. The zero-order valence-corrected chi connectivity index (χ0v) is 13.2. The van der Waals surface area contributed by atoms with Gasteiger partial charge < -0.3 is 5.32 Å². The predicted molar refractivity (Wildman–Crippen MR) is 93.3 cm³/mol. The quantitative estimate of drug-likeness (QED) is 0.806. The van der Waals surface area contributed by atoms with Crippen molar-refractivity contribution in [1.82, 2.24) is 15.1 Å². The van der Waals surface area contributed by atoms with E-state index in [1.165, 1.54) is 5.56 Å². The average Bonchev–Trinajstić information content (AvgIpc) is 3.27. The van der Waals surface area contributed by atoms with Crippen LogP contribution >= 0.6 is 0 Å². The number of amides is 2. The van der Waals surface area contributed by atoms with Crippen molar-refractivity contribution in [3.05, 3.63) is 78.1 Å². The highest BCUT2D eigenvalue weighted by Gasteiger charge is 2.23. The van der Waals surface area contributed by atoms with Gasteiger partial charge in [-0.2, -0.15) is 5.10 Å². The Kier molecular flexibility index (Phi) is 3.75. The van der Waals surface area contributed by atoms with Gasteiger partial charge in [-0.25, -0.2) is 9.48 Å². The van der Waals surface area contributed by atoms with Crippen LogP contribution in [-0.2, 0) is 13.0 Å². The van der Waals surface area contributed by atoms with Crippen LogP contribution in [0.5, 0.6) is 0 Å². The van der Waals surface area contributed by atoms with E-state index in [1.807, 2.05) is 59.4 Å². The lowest BCUT2D eigenvalue weighted by Crippen LogP contribution is -2.38. The molecule has 0 saturated carbocycles. The van der Waals surface area contributed by atoms with Crippen molar-refractivity contribution in [2.24, 2.45) is 0 Å². The SMILES string of the molecule is O=C(NCc1cnn(-c2ccccc2)c1)N1CCc2ccccc21. The summed E-state index contributed by atoms with van der Waals surface area (Å²) in [7, 11) is 0. The van der Waals surface area contributed by atoms with Gasteiger partial charge in [0, 0.05) is 30.5 Å². The zero-order chi connectivity index (χ0) is 16.4. The molecule has 1 N–H and O–H groups in total. The number of rotatable bonds is 3. The molecule has 0 radical (unpaired) electrons. The summed E-state index contributed by atoms with van der Waals surface area (Å²) in [6.45, 7) is 1.19. The Morgan fingerprint density at radius 2 is 1.88 bits per heavy atom. The van der Waals surface area contributed by atoms with Crippen LogP contribution in [-0.4, -0.2) is 22.4 Å². The Morgan fingerprint density at radius 1 is 1.08 bits per heavy atom. The molecule has 0 bridgehead atoms. The van der Waals surface area contributed by atoms with E-state index in [4.69, 9.17) is 0 Å². The molecule has 2 heterocycles. The molecule has 0 unspecified atom stereocenters. The number of hydrogen-bond donors (Lipinski definition) is 1. The van der Waals surface area contributed by atoms with Crippen LogP contribution in [0.25, 0.3) is 5.69 Å². The first-order valence-corrected chi connectivity index (χ1v) is 8.03. The van der Waals surface area contributed by atoms with Crippen LogP contribution in [0.2, 0.25) is 0 Å². The van der Waals surface area contributed by atoms with Gasteiger partial charge in [0.1, 0.15) is 0 Å². The molecule has 1 aliphatic rings. The summed E-state index contributed by atoms with van der Waals surface area (Å²) in [4.78, 5) is 14.2. The number of nitrogens with one attached hydrogen (secondary N) is 1. The van der Waals surface area contributed by atoms with Crippen molar-refractivity contribution in [2.45, 2.75) is 13.0 Å². The molecule has 1 aliphatic heterocycles. The first-order valence-electron chi connectivity index (χ1n) is 8.03. The molecule has 2 aromatic carbocycles. The van der Waals surface area contributed by atoms with E-state index in [-0.39, 0.29) is 6.03 Å². The maximum Gasteiger partial charge on any atom is 0.322 e. The molecule has 2 amide bonds. The van der Waals surface area contributed by atoms with Crippen LogP contribution < -0.4 is 10.2 Å². The van der Waals surface area contributed by atoms with Gasteiger partial charge in [0.25, 0.3) is 0 Å². The number of nitrogens with zero attached hydrogens (tertiary/aromatic N) is 3. The van der Waals surface area contributed by atoms with Gasteiger partial charge >= 0.3 is 6.03 Å². The molecular weight excluding hydrogens is 300 g/mol. The fourth-order valence-corrected chi connectivity index (χ4v) is 3.00. The molecule has 0 spiro atoms.